The SMILES string of the molecule is CN(C)c1ccc([N+](=O)[O-])c(OCC(=O)c2cnn(C)c2)c1. The number of carbonyl (C=O) groups is 1. The van der Waals surface area contributed by atoms with Crippen LogP contribution < -0.4 is 9.64 Å². The second-order valence-corrected chi connectivity index (χ2v) is 4.92. The van der Waals surface area contributed by atoms with Crippen molar-refractivity contribution < 1.29 is 14.5 Å². The molecule has 0 fully saturated rings. The van der Waals surface area contributed by atoms with E-state index in [0.29, 0.717) is 5.56 Å². The summed E-state index contributed by atoms with van der Waals surface area (Å²) in [4.78, 5) is 24.3. The van der Waals surface area contributed by atoms with Gasteiger partial charge in [0.05, 0.1) is 16.7 Å². The molecule has 0 saturated heterocycles. The van der Waals surface area contributed by atoms with Crippen molar-refractivity contribution >= 4 is 17.2 Å². The molecular formula is C14H16N4O4. The largest absolute Gasteiger partial charge is 0.478 e. The van der Waals surface area contributed by atoms with Crippen molar-refractivity contribution in [3.8, 4) is 5.75 Å². The molecule has 0 saturated carbocycles. The molecule has 0 amide bonds. The van der Waals surface area contributed by atoms with Gasteiger partial charge in [-0.15, -0.1) is 0 Å². The van der Waals surface area contributed by atoms with Gasteiger partial charge < -0.3 is 9.64 Å². The number of nitro benzene ring substituents is 1. The zero-order valence-corrected chi connectivity index (χ0v) is 12.5. The van der Waals surface area contributed by atoms with Gasteiger partial charge in [0.1, 0.15) is 0 Å². The first kappa shape index (κ1) is 15.5. The Morgan fingerprint density at radius 3 is 2.73 bits per heavy atom. The van der Waals surface area contributed by atoms with Crippen molar-refractivity contribution in [2.24, 2.45) is 7.05 Å². The topological polar surface area (TPSA) is 90.5 Å². The number of nitrogens with zero attached hydrogens (tertiary/aromatic N) is 4. The number of ether oxygens (including phenoxy) is 1. The Morgan fingerprint density at radius 2 is 2.18 bits per heavy atom. The van der Waals surface area contributed by atoms with E-state index >= 15 is 0 Å². The van der Waals surface area contributed by atoms with E-state index in [4.69, 9.17) is 4.74 Å². The molecule has 0 aliphatic heterocycles. The van der Waals surface area contributed by atoms with Crippen LogP contribution in [0.1, 0.15) is 10.4 Å². The van der Waals surface area contributed by atoms with Gasteiger partial charge in [-0.3, -0.25) is 19.6 Å². The summed E-state index contributed by atoms with van der Waals surface area (Å²) in [5, 5.41) is 14.9. The number of hydrogen-bond acceptors (Lipinski definition) is 6. The lowest BCUT2D eigenvalue weighted by atomic mass is 10.2. The second kappa shape index (κ2) is 6.25. The van der Waals surface area contributed by atoms with Crippen LogP contribution >= 0.6 is 0 Å². The number of benzene rings is 1. The fraction of sp³-hybridized carbons (Fsp3) is 0.286. The van der Waals surface area contributed by atoms with Crippen LogP contribution in [0.2, 0.25) is 0 Å². The maximum absolute atomic E-state index is 12.0. The molecule has 1 heterocycles. The fourth-order valence-corrected chi connectivity index (χ4v) is 1.84. The average Bonchev–Trinajstić information content (AvgIpc) is 2.90. The van der Waals surface area contributed by atoms with Crippen LogP contribution in [0, 0.1) is 10.1 Å². The third-order valence-electron chi connectivity index (χ3n) is 3.04. The molecule has 22 heavy (non-hydrogen) atoms. The first-order valence-electron chi connectivity index (χ1n) is 6.49. The molecule has 1 aromatic heterocycles. The maximum Gasteiger partial charge on any atom is 0.311 e. The number of carbonyl (C=O) groups excluding carboxylic acids is 1. The van der Waals surface area contributed by atoms with E-state index in [0.717, 1.165) is 5.69 Å². The highest BCUT2D eigenvalue weighted by Gasteiger charge is 2.18. The molecule has 1 aromatic carbocycles. The van der Waals surface area contributed by atoms with E-state index in [9.17, 15) is 14.9 Å². The van der Waals surface area contributed by atoms with E-state index in [2.05, 4.69) is 5.10 Å². The number of nitro groups is 1. The molecule has 0 radical (unpaired) electrons. The third kappa shape index (κ3) is 3.40. The number of rotatable bonds is 6. The smallest absolute Gasteiger partial charge is 0.311 e. The lowest BCUT2D eigenvalue weighted by Gasteiger charge is -2.14. The molecule has 0 aliphatic rings. The lowest BCUT2D eigenvalue weighted by Crippen LogP contribution is -2.13. The summed E-state index contributed by atoms with van der Waals surface area (Å²) in [6.07, 6.45) is 2.99. The number of aryl methyl sites for hydroxylation is 1. The number of anilines is 1. The Kier molecular flexibility index (Phi) is 4.40. The molecule has 8 nitrogen and oxygen atoms in total. The Labute approximate surface area is 127 Å². The Hall–Kier alpha value is -2.90. The maximum atomic E-state index is 12.0. The summed E-state index contributed by atoms with van der Waals surface area (Å²) in [7, 11) is 5.32. The van der Waals surface area contributed by atoms with E-state index in [1.807, 2.05) is 14.1 Å². The summed E-state index contributed by atoms with van der Waals surface area (Å²) in [5.41, 5.74) is 0.966. The lowest BCUT2D eigenvalue weighted by molar-refractivity contribution is -0.385. The summed E-state index contributed by atoms with van der Waals surface area (Å²) in [5.74, 6) is -0.230. The standard InChI is InChI=1S/C14H16N4O4/c1-16(2)11-4-5-12(18(20)21)14(6-11)22-9-13(19)10-7-15-17(3)8-10/h4-8H,9H2,1-3H3. The van der Waals surface area contributed by atoms with Crippen LogP contribution in [-0.4, -0.2) is 41.2 Å². The summed E-state index contributed by atoms with van der Waals surface area (Å²) in [6.45, 7) is -0.288. The molecule has 8 heteroatoms. The average molecular weight is 304 g/mol. The molecule has 0 spiro atoms. The minimum atomic E-state index is -0.538. The van der Waals surface area contributed by atoms with Gasteiger partial charge in [-0.1, -0.05) is 0 Å². The Bertz CT molecular complexity index is 709. The monoisotopic (exact) mass is 304 g/mol. The number of aromatic nitrogens is 2. The summed E-state index contributed by atoms with van der Waals surface area (Å²) < 4.78 is 6.86. The van der Waals surface area contributed by atoms with Gasteiger partial charge in [-0.25, -0.2) is 0 Å². The zero-order valence-electron chi connectivity index (χ0n) is 12.5. The van der Waals surface area contributed by atoms with Crippen LogP contribution in [0.3, 0.4) is 0 Å². The fourth-order valence-electron chi connectivity index (χ4n) is 1.84. The molecule has 0 N–H and O–H groups in total. The minimum absolute atomic E-state index is 0.0634. The highest BCUT2D eigenvalue weighted by atomic mass is 16.6. The van der Waals surface area contributed by atoms with Gasteiger partial charge in [0.25, 0.3) is 0 Å². The number of hydrogen-bond donors (Lipinski definition) is 0. The van der Waals surface area contributed by atoms with E-state index < -0.39 is 4.92 Å². The molecule has 0 bridgehead atoms. The molecular weight excluding hydrogens is 288 g/mol. The van der Waals surface area contributed by atoms with Gasteiger partial charge in [-0.2, -0.15) is 5.10 Å². The predicted molar refractivity (Wildman–Crippen MR) is 80.5 cm³/mol. The second-order valence-electron chi connectivity index (χ2n) is 4.92. The van der Waals surface area contributed by atoms with Crippen molar-refractivity contribution in [2.75, 3.05) is 25.6 Å². The van der Waals surface area contributed by atoms with Gasteiger partial charge >= 0.3 is 5.69 Å². The molecule has 2 rings (SSSR count). The molecule has 2 aromatic rings. The van der Waals surface area contributed by atoms with Crippen molar-refractivity contribution in [1.29, 1.82) is 0 Å². The molecule has 0 atom stereocenters. The van der Waals surface area contributed by atoms with Crippen LogP contribution in [0.15, 0.2) is 30.6 Å². The quantitative estimate of drug-likeness (QED) is 0.458. The number of Topliss-reactive ketones (excluding diaryl/α,β-unsaturated/α-hetero) is 1. The van der Waals surface area contributed by atoms with Gasteiger partial charge in [-0.05, 0) is 6.07 Å². The van der Waals surface area contributed by atoms with Crippen LogP contribution in [0.5, 0.6) is 5.75 Å². The molecule has 0 unspecified atom stereocenters. The van der Waals surface area contributed by atoms with E-state index in [-0.39, 0.29) is 23.8 Å². The Balaban J connectivity index is 2.18. The normalized spacial score (nSPS) is 10.3. The molecule has 116 valence electrons. The van der Waals surface area contributed by atoms with Gasteiger partial charge in [0.2, 0.25) is 5.78 Å². The number of ketones is 1. The minimum Gasteiger partial charge on any atom is -0.478 e. The molecule has 0 aliphatic carbocycles. The Morgan fingerprint density at radius 1 is 1.45 bits per heavy atom. The third-order valence-corrected chi connectivity index (χ3v) is 3.04. The first-order chi connectivity index (χ1) is 10.4. The van der Waals surface area contributed by atoms with Crippen molar-refractivity contribution in [2.45, 2.75) is 0 Å². The van der Waals surface area contributed by atoms with Crippen molar-refractivity contribution in [3.63, 3.8) is 0 Å². The van der Waals surface area contributed by atoms with Crippen LogP contribution in [0.4, 0.5) is 11.4 Å². The van der Waals surface area contributed by atoms with E-state index in [1.54, 1.807) is 24.2 Å². The summed E-state index contributed by atoms with van der Waals surface area (Å²) in [6, 6.07) is 4.52. The first-order valence-corrected chi connectivity index (χ1v) is 6.49. The van der Waals surface area contributed by atoms with E-state index in [1.165, 1.54) is 23.0 Å². The highest BCUT2D eigenvalue weighted by molar-refractivity contribution is 5.96. The van der Waals surface area contributed by atoms with Crippen LogP contribution in [-0.2, 0) is 7.05 Å². The highest BCUT2D eigenvalue weighted by Crippen LogP contribution is 2.31. The van der Waals surface area contributed by atoms with Crippen molar-refractivity contribution in [1.82, 2.24) is 9.78 Å². The predicted octanol–water partition coefficient (Wildman–Crippen LogP) is 1.66. The van der Waals surface area contributed by atoms with Crippen LogP contribution in [0.25, 0.3) is 0 Å². The van der Waals surface area contributed by atoms with Gasteiger partial charge in [0.15, 0.2) is 12.4 Å². The summed E-state index contributed by atoms with van der Waals surface area (Å²) >= 11 is 0. The van der Waals surface area contributed by atoms with Gasteiger partial charge in [0, 0.05) is 45.2 Å². The van der Waals surface area contributed by atoms with Crippen molar-refractivity contribution in [3.05, 3.63) is 46.3 Å². The zero-order chi connectivity index (χ0) is 16.3.